The molecule has 12 heavy (non-hydrogen) atoms. The Bertz CT molecular complexity index is 170. The highest BCUT2D eigenvalue weighted by atomic mass is 14.9. The van der Waals surface area contributed by atoms with Gasteiger partial charge in [0.1, 0.15) is 0 Å². The summed E-state index contributed by atoms with van der Waals surface area (Å²) in [6.45, 7) is 7.09. The third-order valence-corrected chi connectivity index (χ3v) is 1.70. The zero-order valence-electron chi connectivity index (χ0n) is 8.35. The average molecular weight is 165 g/mol. The Kier molecular flexibility index (Phi) is 6.51. The van der Waals surface area contributed by atoms with E-state index in [1.165, 1.54) is 5.57 Å². The normalized spacial score (nSPS) is 11.8. The second-order valence-electron chi connectivity index (χ2n) is 3.34. The van der Waals surface area contributed by atoms with Gasteiger partial charge in [0.25, 0.3) is 0 Å². The van der Waals surface area contributed by atoms with Crippen molar-refractivity contribution in [3.63, 3.8) is 0 Å². The molecule has 1 N–H and O–H groups in total. The molecule has 0 aromatic heterocycles. The molecule has 0 aliphatic heterocycles. The maximum Gasteiger partial charge on any atom is 0.0575 e. The summed E-state index contributed by atoms with van der Waals surface area (Å²) < 4.78 is 0. The number of nitrogens with one attached hydrogen (secondary N) is 1. The minimum atomic E-state index is 0.525. The van der Waals surface area contributed by atoms with Crippen LogP contribution in [0, 0.1) is 12.3 Å². The molecule has 0 aliphatic carbocycles. The highest BCUT2D eigenvalue weighted by molar-refractivity contribution is 4.93. The Morgan fingerprint density at radius 2 is 2.25 bits per heavy atom. The van der Waals surface area contributed by atoms with Crippen LogP contribution in [0.15, 0.2) is 11.6 Å². The highest BCUT2D eigenvalue weighted by Gasteiger charge is 1.96. The van der Waals surface area contributed by atoms with E-state index < -0.39 is 0 Å². The van der Waals surface area contributed by atoms with Crippen LogP contribution in [-0.4, -0.2) is 12.6 Å². The largest absolute Gasteiger partial charge is 0.304 e. The van der Waals surface area contributed by atoms with Crippen LogP contribution in [0.3, 0.4) is 0 Å². The molecule has 0 aliphatic rings. The van der Waals surface area contributed by atoms with Gasteiger partial charge >= 0.3 is 0 Å². The van der Waals surface area contributed by atoms with Crippen LogP contribution in [0.25, 0.3) is 0 Å². The highest BCUT2D eigenvalue weighted by Crippen LogP contribution is 2.00. The van der Waals surface area contributed by atoms with Crippen molar-refractivity contribution in [3.8, 4) is 12.3 Å². The first-order valence-electron chi connectivity index (χ1n) is 4.47. The quantitative estimate of drug-likeness (QED) is 0.487. The number of allylic oxidation sites excluding steroid dienone is 2. The lowest BCUT2D eigenvalue weighted by molar-refractivity contribution is 0.551. The van der Waals surface area contributed by atoms with E-state index in [1.807, 2.05) is 0 Å². The Balaban J connectivity index is 3.39. The van der Waals surface area contributed by atoms with Gasteiger partial charge in [-0.25, -0.2) is 0 Å². The number of hydrogen-bond donors (Lipinski definition) is 1. The minimum Gasteiger partial charge on any atom is -0.304 e. The van der Waals surface area contributed by atoms with Gasteiger partial charge in [-0.1, -0.05) is 17.6 Å². The summed E-state index contributed by atoms with van der Waals surface area (Å²) in [5, 5.41) is 3.24. The van der Waals surface area contributed by atoms with Crippen molar-refractivity contribution in [2.45, 2.75) is 39.7 Å². The van der Waals surface area contributed by atoms with E-state index in [4.69, 9.17) is 6.42 Å². The summed E-state index contributed by atoms with van der Waals surface area (Å²) in [5.41, 5.74) is 1.39. The monoisotopic (exact) mass is 165 g/mol. The molecule has 1 nitrogen and oxygen atoms in total. The van der Waals surface area contributed by atoms with Gasteiger partial charge in [0.2, 0.25) is 0 Å². The molecular weight excluding hydrogens is 146 g/mol. The number of rotatable bonds is 5. The van der Waals surface area contributed by atoms with Crippen LogP contribution in [0.5, 0.6) is 0 Å². The van der Waals surface area contributed by atoms with Crippen molar-refractivity contribution < 1.29 is 0 Å². The predicted octanol–water partition coefficient (Wildman–Crippen LogP) is 2.34. The van der Waals surface area contributed by atoms with Crippen LogP contribution in [0.2, 0.25) is 0 Å². The fourth-order valence-corrected chi connectivity index (χ4v) is 0.957. The molecular formula is C11H19N. The summed E-state index contributed by atoms with van der Waals surface area (Å²) in [6, 6.07) is 0.525. The molecule has 0 saturated carbocycles. The molecule has 1 heteroatoms. The summed E-state index contributed by atoms with van der Waals surface area (Å²) in [6.07, 6.45) is 9.69. The van der Waals surface area contributed by atoms with Gasteiger partial charge in [0, 0.05) is 6.04 Å². The standard InChI is InChI=1S/C11H19N/c1-5-9-12-11(4)8-6-7-10(2)3/h1,7,11-12H,6,8-9H2,2-4H3/t11-/m1/s1. The molecule has 0 rings (SSSR count). The second kappa shape index (κ2) is 6.94. The summed E-state index contributed by atoms with van der Waals surface area (Å²) in [5.74, 6) is 2.57. The Morgan fingerprint density at radius 3 is 2.75 bits per heavy atom. The molecule has 0 fully saturated rings. The lowest BCUT2D eigenvalue weighted by Crippen LogP contribution is -2.25. The van der Waals surface area contributed by atoms with Gasteiger partial charge < -0.3 is 5.32 Å². The van der Waals surface area contributed by atoms with E-state index in [0.717, 1.165) is 12.8 Å². The SMILES string of the molecule is C#CCN[C@H](C)CCC=C(C)C. The molecule has 0 aromatic carbocycles. The van der Waals surface area contributed by atoms with Gasteiger partial charge in [-0.15, -0.1) is 6.42 Å². The van der Waals surface area contributed by atoms with E-state index in [9.17, 15) is 0 Å². The van der Waals surface area contributed by atoms with E-state index in [1.54, 1.807) is 0 Å². The van der Waals surface area contributed by atoms with Crippen molar-refractivity contribution >= 4 is 0 Å². The van der Waals surface area contributed by atoms with Gasteiger partial charge in [-0.05, 0) is 33.6 Å². The van der Waals surface area contributed by atoms with Crippen LogP contribution in [-0.2, 0) is 0 Å². The zero-order chi connectivity index (χ0) is 9.40. The molecule has 0 radical (unpaired) electrons. The maximum absolute atomic E-state index is 5.13. The first-order chi connectivity index (χ1) is 5.66. The smallest absolute Gasteiger partial charge is 0.0575 e. The molecule has 0 bridgehead atoms. The molecule has 68 valence electrons. The van der Waals surface area contributed by atoms with Crippen molar-refractivity contribution in [1.82, 2.24) is 5.32 Å². The van der Waals surface area contributed by atoms with E-state index >= 15 is 0 Å². The van der Waals surface area contributed by atoms with Crippen LogP contribution < -0.4 is 5.32 Å². The fraction of sp³-hybridized carbons (Fsp3) is 0.636. The predicted molar refractivity (Wildman–Crippen MR) is 55.0 cm³/mol. The molecule has 0 spiro atoms. The Labute approximate surface area is 76.2 Å². The molecule has 0 saturated heterocycles. The van der Waals surface area contributed by atoms with Crippen molar-refractivity contribution in [2.24, 2.45) is 0 Å². The van der Waals surface area contributed by atoms with Crippen LogP contribution >= 0.6 is 0 Å². The minimum absolute atomic E-state index is 0.525. The zero-order valence-corrected chi connectivity index (χ0v) is 8.35. The number of terminal acetylenes is 1. The van der Waals surface area contributed by atoms with E-state index in [0.29, 0.717) is 12.6 Å². The summed E-state index contributed by atoms with van der Waals surface area (Å²) in [4.78, 5) is 0. The lowest BCUT2D eigenvalue weighted by atomic mass is 10.1. The van der Waals surface area contributed by atoms with Gasteiger partial charge in [-0.2, -0.15) is 0 Å². The second-order valence-corrected chi connectivity index (χ2v) is 3.34. The van der Waals surface area contributed by atoms with Gasteiger partial charge in [-0.3, -0.25) is 0 Å². The Hall–Kier alpha value is -0.740. The first kappa shape index (κ1) is 11.3. The molecule has 0 heterocycles. The third-order valence-electron chi connectivity index (χ3n) is 1.70. The topological polar surface area (TPSA) is 12.0 Å². The molecule has 0 unspecified atom stereocenters. The molecule has 1 atom stereocenters. The Morgan fingerprint density at radius 1 is 1.58 bits per heavy atom. The van der Waals surface area contributed by atoms with Gasteiger partial charge in [0.15, 0.2) is 0 Å². The van der Waals surface area contributed by atoms with Crippen LogP contribution in [0.1, 0.15) is 33.6 Å². The lowest BCUT2D eigenvalue weighted by Gasteiger charge is -2.09. The third kappa shape index (κ3) is 7.37. The van der Waals surface area contributed by atoms with Gasteiger partial charge in [0.05, 0.1) is 6.54 Å². The van der Waals surface area contributed by atoms with E-state index in [2.05, 4.69) is 38.1 Å². The summed E-state index contributed by atoms with van der Waals surface area (Å²) in [7, 11) is 0. The molecule has 0 aromatic rings. The fourth-order valence-electron chi connectivity index (χ4n) is 0.957. The van der Waals surface area contributed by atoms with Crippen molar-refractivity contribution in [3.05, 3.63) is 11.6 Å². The average Bonchev–Trinajstić information content (AvgIpc) is 2.00. The van der Waals surface area contributed by atoms with Crippen molar-refractivity contribution in [1.29, 1.82) is 0 Å². The first-order valence-corrected chi connectivity index (χ1v) is 4.47. The summed E-state index contributed by atoms with van der Waals surface area (Å²) >= 11 is 0. The van der Waals surface area contributed by atoms with Crippen LogP contribution in [0.4, 0.5) is 0 Å². The molecule has 0 amide bonds. The maximum atomic E-state index is 5.13. The van der Waals surface area contributed by atoms with Crippen molar-refractivity contribution in [2.75, 3.05) is 6.54 Å². The van der Waals surface area contributed by atoms with E-state index in [-0.39, 0.29) is 0 Å². The number of hydrogen-bond acceptors (Lipinski definition) is 1.